The van der Waals surface area contributed by atoms with E-state index in [0.29, 0.717) is 44.8 Å². The Labute approximate surface area is 183 Å². The average molecular weight is 517 g/mol. The maximum absolute atomic E-state index is 10.5. The van der Waals surface area contributed by atoms with E-state index in [0.717, 1.165) is 5.56 Å². The number of hydrogen-bond donors (Lipinski definition) is 3. The van der Waals surface area contributed by atoms with Gasteiger partial charge in [-0.2, -0.15) is 14.6 Å². The molecule has 0 bridgehead atoms. The molecular formula is C19H16IN7O3. The first-order chi connectivity index (χ1) is 14.5. The Morgan fingerprint density at radius 3 is 2.83 bits per heavy atom. The number of nitrogens with two attached hydrogens (primary N) is 1. The zero-order chi connectivity index (χ0) is 20.8. The second-order valence-corrected chi connectivity index (χ2v) is 7.90. The summed E-state index contributed by atoms with van der Waals surface area (Å²) in [7, 11) is 0. The van der Waals surface area contributed by atoms with Gasteiger partial charge in [-0.1, -0.05) is 6.07 Å². The molecule has 0 aliphatic heterocycles. The molecule has 0 saturated heterocycles. The van der Waals surface area contributed by atoms with Crippen molar-refractivity contribution in [3.8, 4) is 17.3 Å². The first-order valence-electron chi connectivity index (χ1n) is 9.09. The number of aromatic hydroxyl groups is 1. The second-order valence-electron chi connectivity index (χ2n) is 6.74. The van der Waals surface area contributed by atoms with E-state index in [1.54, 1.807) is 47.5 Å². The fourth-order valence-electron chi connectivity index (χ4n) is 3.27. The zero-order valence-electron chi connectivity index (χ0n) is 15.5. The van der Waals surface area contributed by atoms with Gasteiger partial charge in [0.2, 0.25) is 11.8 Å². The molecule has 0 amide bonds. The minimum Gasteiger partial charge on any atom is -0.507 e. The molecule has 0 aliphatic rings. The monoisotopic (exact) mass is 517 g/mol. The van der Waals surface area contributed by atoms with Crippen molar-refractivity contribution in [2.45, 2.75) is 19.1 Å². The molecular weight excluding hydrogens is 501 g/mol. The van der Waals surface area contributed by atoms with Crippen molar-refractivity contribution in [2.24, 2.45) is 0 Å². The molecule has 0 fully saturated rings. The van der Waals surface area contributed by atoms with Gasteiger partial charge in [-0.05, 0) is 58.8 Å². The number of furan rings is 1. The van der Waals surface area contributed by atoms with Gasteiger partial charge in [-0.15, -0.1) is 5.10 Å². The minimum absolute atomic E-state index is 0.179. The first kappa shape index (κ1) is 18.8. The largest absolute Gasteiger partial charge is 0.507 e. The van der Waals surface area contributed by atoms with Gasteiger partial charge in [0, 0.05) is 6.54 Å². The summed E-state index contributed by atoms with van der Waals surface area (Å²) in [6.07, 6.45) is 2.91. The summed E-state index contributed by atoms with van der Waals surface area (Å²) >= 11 is 2.03. The number of aliphatic hydroxyl groups excluding tert-OH is 1. The van der Waals surface area contributed by atoms with E-state index in [9.17, 15) is 10.2 Å². The molecule has 0 saturated carbocycles. The van der Waals surface area contributed by atoms with Crippen LogP contribution in [0, 0.1) is 3.57 Å². The van der Waals surface area contributed by atoms with Crippen LogP contribution in [-0.4, -0.2) is 39.6 Å². The van der Waals surface area contributed by atoms with Crippen molar-refractivity contribution < 1.29 is 14.6 Å². The lowest BCUT2D eigenvalue weighted by Gasteiger charge is -2.12. The third-order valence-electron chi connectivity index (χ3n) is 4.81. The average Bonchev–Trinajstić information content (AvgIpc) is 3.47. The van der Waals surface area contributed by atoms with Crippen LogP contribution in [0.3, 0.4) is 0 Å². The second kappa shape index (κ2) is 7.25. The lowest BCUT2D eigenvalue weighted by Crippen LogP contribution is -2.09. The molecule has 5 aromatic rings. The number of anilines is 1. The standard InChI is InChI=1S/C19H16IN7O3/c20-12-8-10(3-4-14(12)29)13(28)5-6-26-17-11(9-22-26)18-23-16(15-2-1-7-30-15)25-27(18)19(21)24-17/h1-4,7-9,13,28-29H,5-6H2,(H2,21,24). The predicted molar refractivity (Wildman–Crippen MR) is 117 cm³/mol. The third-order valence-corrected chi connectivity index (χ3v) is 5.67. The number of benzene rings is 1. The van der Waals surface area contributed by atoms with Gasteiger partial charge < -0.3 is 20.4 Å². The summed E-state index contributed by atoms with van der Waals surface area (Å²) < 4.78 is 9.19. The summed E-state index contributed by atoms with van der Waals surface area (Å²) in [5, 5.41) is 29.7. The lowest BCUT2D eigenvalue weighted by molar-refractivity contribution is 0.160. The summed E-state index contributed by atoms with van der Waals surface area (Å²) in [4.78, 5) is 8.96. The van der Waals surface area contributed by atoms with Crippen LogP contribution in [0.25, 0.3) is 28.3 Å². The molecule has 10 nitrogen and oxygen atoms in total. The first-order valence-corrected chi connectivity index (χ1v) is 10.2. The molecule has 0 spiro atoms. The van der Waals surface area contributed by atoms with E-state index < -0.39 is 6.10 Å². The normalized spacial score (nSPS) is 12.7. The van der Waals surface area contributed by atoms with Gasteiger partial charge >= 0.3 is 0 Å². The van der Waals surface area contributed by atoms with Crippen LogP contribution in [-0.2, 0) is 6.54 Å². The van der Waals surface area contributed by atoms with Crippen LogP contribution in [0.4, 0.5) is 5.95 Å². The zero-order valence-corrected chi connectivity index (χ0v) is 17.6. The number of halogens is 1. The van der Waals surface area contributed by atoms with Crippen LogP contribution in [0.1, 0.15) is 18.1 Å². The molecule has 1 aromatic carbocycles. The van der Waals surface area contributed by atoms with Crippen molar-refractivity contribution in [1.29, 1.82) is 0 Å². The van der Waals surface area contributed by atoms with E-state index in [1.807, 2.05) is 22.6 Å². The van der Waals surface area contributed by atoms with Gasteiger partial charge in [-0.3, -0.25) is 0 Å². The van der Waals surface area contributed by atoms with Crippen molar-refractivity contribution >= 4 is 45.2 Å². The molecule has 4 aromatic heterocycles. The topological polar surface area (TPSA) is 141 Å². The SMILES string of the molecule is Nc1nc2c(cnn2CCC(O)c2ccc(O)c(I)c2)c2nc(-c3ccco3)nn12. The Hall–Kier alpha value is -3.19. The molecule has 0 radical (unpaired) electrons. The van der Waals surface area contributed by atoms with Crippen molar-refractivity contribution in [2.75, 3.05) is 5.73 Å². The summed E-state index contributed by atoms with van der Waals surface area (Å²) in [6.45, 7) is 0.421. The molecule has 4 N–H and O–H groups in total. The number of aliphatic hydroxyl groups is 1. The molecule has 4 heterocycles. The molecule has 1 atom stereocenters. The van der Waals surface area contributed by atoms with Crippen LogP contribution < -0.4 is 5.73 Å². The van der Waals surface area contributed by atoms with Crippen molar-refractivity contribution in [3.63, 3.8) is 0 Å². The molecule has 11 heteroatoms. The lowest BCUT2D eigenvalue weighted by atomic mass is 10.1. The van der Waals surface area contributed by atoms with Gasteiger partial charge in [0.1, 0.15) is 5.75 Å². The number of aromatic nitrogens is 6. The molecule has 5 rings (SSSR count). The number of fused-ring (bicyclic) bond motifs is 3. The number of rotatable bonds is 5. The Morgan fingerprint density at radius 2 is 2.07 bits per heavy atom. The highest BCUT2D eigenvalue weighted by atomic mass is 127. The summed E-state index contributed by atoms with van der Waals surface area (Å²) in [6, 6.07) is 8.56. The quantitative estimate of drug-likeness (QED) is 0.303. The van der Waals surface area contributed by atoms with E-state index in [1.165, 1.54) is 4.52 Å². The van der Waals surface area contributed by atoms with Crippen molar-refractivity contribution in [1.82, 2.24) is 29.4 Å². The Kier molecular flexibility index (Phi) is 4.55. The van der Waals surface area contributed by atoms with E-state index in [4.69, 9.17) is 10.2 Å². The maximum Gasteiger partial charge on any atom is 0.225 e. The van der Waals surface area contributed by atoms with Crippen LogP contribution >= 0.6 is 22.6 Å². The smallest absolute Gasteiger partial charge is 0.225 e. The Balaban J connectivity index is 1.46. The Bertz CT molecular complexity index is 1360. The predicted octanol–water partition coefficient (Wildman–Crippen LogP) is 2.75. The van der Waals surface area contributed by atoms with E-state index in [-0.39, 0.29) is 11.7 Å². The van der Waals surface area contributed by atoms with E-state index in [2.05, 4.69) is 20.2 Å². The van der Waals surface area contributed by atoms with Gasteiger partial charge in [0.25, 0.3) is 0 Å². The minimum atomic E-state index is -0.710. The van der Waals surface area contributed by atoms with Gasteiger partial charge in [-0.25, -0.2) is 9.67 Å². The fraction of sp³-hybridized carbons (Fsp3) is 0.158. The molecule has 152 valence electrons. The third kappa shape index (κ3) is 3.15. The number of aryl methyl sites for hydroxylation is 1. The van der Waals surface area contributed by atoms with Crippen molar-refractivity contribution in [3.05, 3.63) is 51.9 Å². The molecule has 0 aliphatic carbocycles. The highest BCUT2D eigenvalue weighted by molar-refractivity contribution is 14.1. The Morgan fingerprint density at radius 1 is 1.20 bits per heavy atom. The van der Waals surface area contributed by atoms with Crippen LogP contribution in [0.5, 0.6) is 5.75 Å². The van der Waals surface area contributed by atoms with Gasteiger partial charge in [0.15, 0.2) is 17.1 Å². The van der Waals surface area contributed by atoms with Gasteiger partial charge in [0.05, 0.1) is 27.5 Å². The highest BCUT2D eigenvalue weighted by Gasteiger charge is 2.18. The summed E-state index contributed by atoms with van der Waals surface area (Å²) in [5.41, 5.74) is 7.92. The van der Waals surface area contributed by atoms with E-state index >= 15 is 0 Å². The number of hydrogen-bond acceptors (Lipinski definition) is 8. The summed E-state index contributed by atoms with van der Waals surface area (Å²) in [5.74, 6) is 1.31. The fourth-order valence-corrected chi connectivity index (χ4v) is 3.81. The highest BCUT2D eigenvalue weighted by Crippen LogP contribution is 2.27. The number of phenols is 1. The maximum atomic E-state index is 10.5. The number of nitrogen functional groups attached to an aromatic ring is 1. The van der Waals surface area contributed by atoms with Crippen LogP contribution in [0.15, 0.2) is 47.2 Å². The number of nitrogens with zero attached hydrogens (tertiary/aromatic N) is 6. The number of phenolic OH excluding ortho intramolecular Hbond substituents is 1. The molecule has 1 unspecified atom stereocenters. The van der Waals surface area contributed by atoms with Crippen LogP contribution in [0.2, 0.25) is 0 Å². The molecule has 30 heavy (non-hydrogen) atoms.